The molecule has 0 aliphatic heterocycles. The zero-order chi connectivity index (χ0) is 15.2. The molecule has 0 aliphatic rings. The van der Waals surface area contributed by atoms with Crippen LogP contribution >= 0.6 is 0 Å². The molecule has 22 heavy (non-hydrogen) atoms. The predicted molar refractivity (Wildman–Crippen MR) is 85.0 cm³/mol. The number of hydrogen-bond donors (Lipinski definition) is 0. The SMILES string of the molecule is O=C(/C=C/c1ccco1)c1ccc(Oc2ccccc2)cc1. The van der Waals surface area contributed by atoms with Gasteiger partial charge in [-0.15, -0.1) is 0 Å². The fourth-order valence-electron chi connectivity index (χ4n) is 1.95. The van der Waals surface area contributed by atoms with E-state index < -0.39 is 0 Å². The maximum atomic E-state index is 12.0. The van der Waals surface area contributed by atoms with Gasteiger partial charge in [-0.3, -0.25) is 4.79 Å². The number of furan rings is 1. The number of carbonyl (C=O) groups excluding carboxylic acids is 1. The highest BCUT2D eigenvalue weighted by Crippen LogP contribution is 2.21. The molecule has 0 saturated heterocycles. The quantitative estimate of drug-likeness (QED) is 0.492. The average Bonchev–Trinajstić information content (AvgIpc) is 3.08. The monoisotopic (exact) mass is 290 g/mol. The molecule has 0 radical (unpaired) electrons. The molecule has 1 heterocycles. The van der Waals surface area contributed by atoms with Gasteiger partial charge in [-0.2, -0.15) is 0 Å². The van der Waals surface area contributed by atoms with E-state index in [-0.39, 0.29) is 5.78 Å². The van der Waals surface area contributed by atoms with E-state index in [1.807, 2.05) is 30.3 Å². The van der Waals surface area contributed by atoms with Gasteiger partial charge < -0.3 is 9.15 Å². The maximum Gasteiger partial charge on any atom is 0.185 e. The minimum Gasteiger partial charge on any atom is -0.465 e. The largest absolute Gasteiger partial charge is 0.465 e. The van der Waals surface area contributed by atoms with Gasteiger partial charge in [-0.05, 0) is 60.7 Å². The lowest BCUT2D eigenvalue weighted by Gasteiger charge is -2.05. The Kier molecular flexibility index (Phi) is 4.16. The molecule has 0 bridgehead atoms. The maximum absolute atomic E-state index is 12.0. The van der Waals surface area contributed by atoms with Gasteiger partial charge in [0.05, 0.1) is 6.26 Å². The van der Waals surface area contributed by atoms with Crippen LogP contribution in [0.4, 0.5) is 0 Å². The molecule has 1 aromatic heterocycles. The summed E-state index contributed by atoms with van der Waals surface area (Å²) in [5.41, 5.74) is 0.600. The molecule has 0 amide bonds. The first-order valence-corrected chi connectivity index (χ1v) is 6.90. The standard InChI is InChI=1S/C19H14O3/c20-19(13-12-16-7-4-14-21-16)15-8-10-18(11-9-15)22-17-5-2-1-3-6-17/h1-14H/b13-12+. The molecule has 0 fully saturated rings. The van der Waals surface area contributed by atoms with Crippen LogP contribution in [-0.2, 0) is 0 Å². The average molecular weight is 290 g/mol. The number of benzene rings is 2. The Morgan fingerprint density at radius 3 is 2.27 bits per heavy atom. The highest BCUT2D eigenvalue weighted by atomic mass is 16.5. The minimum atomic E-state index is -0.0809. The molecule has 0 N–H and O–H groups in total. The van der Waals surface area contributed by atoms with Crippen LogP contribution < -0.4 is 4.74 Å². The number of hydrogen-bond acceptors (Lipinski definition) is 3. The van der Waals surface area contributed by atoms with Crippen LogP contribution in [0.25, 0.3) is 6.08 Å². The predicted octanol–water partition coefficient (Wildman–Crippen LogP) is 4.97. The number of rotatable bonds is 5. The number of carbonyl (C=O) groups is 1. The number of para-hydroxylation sites is 1. The van der Waals surface area contributed by atoms with Crippen LogP contribution in [0.2, 0.25) is 0 Å². The Bertz CT molecular complexity index is 754. The van der Waals surface area contributed by atoms with E-state index in [1.165, 1.54) is 6.08 Å². The van der Waals surface area contributed by atoms with Gasteiger partial charge in [0.1, 0.15) is 17.3 Å². The lowest BCUT2D eigenvalue weighted by atomic mass is 10.1. The van der Waals surface area contributed by atoms with Gasteiger partial charge in [0.2, 0.25) is 0 Å². The third-order valence-electron chi connectivity index (χ3n) is 3.06. The van der Waals surface area contributed by atoms with Crippen LogP contribution in [0, 0.1) is 0 Å². The van der Waals surface area contributed by atoms with Gasteiger partial charge in [0.25, 0.3) is 0 Å². The van der Waals surface area contributed by atoms with Crippen molar-refractivity contribution in [2.24, 2.45) is 0 Å². The minimum absolute atomic E-state index is 0.0809. The highest BCUT2D eigenvalue weighted by Gasteiger charge is 2.03. The van der Waals surface area contributed by atoms with Crippen LogP contribution in [-0.4, -0.2) is 5.78 Å². The first kappa shape index (κ1) is 13.9. The van der Waals surface area contributed by atoms with Crippen LogP contribution in [0.3, 0.4) is 0 Å². The van der Waals surface area contributed by atoms with E-state index in [0.717, 1.165) is 5.75 Å². The van der Waals surface area contributed by atoms with Crippen molar-refractivity contribution >= 4 is 11.9 Å². The summed E-state index contributed by atoms with van der Waals surface area (Å²) in [6, 6.07) is 20.1. The second-order valence-electron chi connectivity index (χ2n) is 4.65. The summed E-state index contributed by atoms with van der Waals surface area (Å²) in [5, 5.41) is 0. The molecule has 0 aliphatic carbocycles. The van der Waals surface area contributed by atoms with E-state index >= 15 is 0 Å². The van der Waals surface area contributed by atoms with Crippen molar-refractivity contribution in [1.82, 2.24) is 0 Å². The Morgan fingerprint density at radius 2 is 1.59 bits per heavy atom. The molecule has 108 valence electrons. The lowest BCUT2D eigenvalue weighted by molar-refractivity contribution is 0.104. The summed E-state index contributed by atoms with van der Waals surface area (Å²) >= 11 is 0. The van der Waals surface area contributed by atoms with Crippen molar-refractivity contribution in [3.63, 3.8) is 0 Å². The molecule has 3 aromatic rings. The molecule has 0 atom stereocenters. The summed E-state index contributed by atoms with van der Waals surface area (Å²) in [6.07, 6.45) is 4.71. The topological polar surface area (TPSA) is 39.4 Å². The lowest BCUT2D eigenvalue weighted by Crippen LogP contribution is -1.94. The molecule has 0 saturated carbocycles. The third kappa shape index (κ3) is 3.52. The van der Waals surface area contributed by atoms with Crippen molar-refractivity contribution in [1.29, 1.82) is 0 Å². The molecule has 3 rings (SSSR count). The zero-order valence-corrected chi connectivity index (χ0v) is 11.8. The molecular weight excluding hydrogens is 276 g/mol. The molecule has 0 unspecified atom stereocenters. The Hall–Kier alpha value is -3.07. The summed E-state index contributed by atoms with van der Waals surface area (Å²) in [5.74, 6) is 2.03. The fraction of sp³-hybridized carbons (Fsp3) is 0. The summed E-state index contributed by atoms with van der Waals surface area (Å²) in [4.78, 5) is 12.0. The first-order chi connectivity index (χ1) is 10.8. The second-order valence-corrected chi connectivity index (χ2v) is 4.65. The molecule has 3 heteroatoms. The van der Waals surface area contributed by atoms with E-state index in [1.54, 1.807) is 48.7 Å². The highest BCUT2D eigenvalue weighted by molar-refractivity contribution is 6.06. The van der Waals surface area contributed by atoms with Gasteiger partial charge >= 0.3 is 0 Å². The van der Waals surface area contributed by atoms with Crippen LogP contribution in [0.15, 0.2) is 83.5 Å². The summed E-state index contributed by atoms with van der Waals surface area (Å²) in [7, 11) is 0. The van der Waals surface area contributed by atoms with Gasteiger partial charge in [-0.1, -0.05) is 18.2 Å². The summed E-state index contributed by atoms with van der Waals surface area (Å²) in [6.45, 7) is 0. The molecular formula is C19H14O3. The molecule has 0 spiro atoms. The Labute approximate surface area is 128 Å². The van der Waals surface area contributed by atoms with Gasteiger partial charge in [0.15, 0.2) is 5.78 Å². The Balaban J connectivity index is 1.67. The van der Waals surface area contributed by atoms with Crippen LogP contribution in [0.5, 0.6) is 11.5 Å². The van der Waals surface area contributed by atoms with Crippen molar-refractivity contribution in [2.75, 3.05) is 0 Å². The number of allylic oxidation sites excluding steroid dienone is 1. The number of ether oxygens (including phenoxy) is 1. The molecule has 3 nitrogen and oxygen atoms in total. The van der Waals surface area contributed by atoms with E-state index in [0.29, 0.717) is 17.1 Å². The van der Waals surface area contributed by atoms with Crippen molar-refractivity contribution in [3.8, 4) is 11.5 Å². The van der Waals surface area contributed by atoms with Crippen molar-refractivity contribution in [2.45, 2.75) is 0 Å². The second kappa shape index (κ2) is 6.59. The van der Waals surface area contributed by atoms with E-state index in [9.17, 15) is 4.79 Å². The Morgan fingerprint density at radius 1 is 0.864 bits per heavy atom. The third-order valence-corrected chi connectivity index (χ3v) is 3.06. The van der Waals surface area contributed by atoms with Gasteiger partial charge in [0, 0.05) is 5.56 Å². The molecule has 2 aromatic carbocycles. The van der Waals surface area contributed by atoms with Crippen molar-refractivity contribution in [3.05, 3.63) is 90.4 Å². The van der Waals surface area contributed by atoms with E-state index in [4.69, 9.17) is 9.15 Å². The van der Waals surface area contributed by atoms with E-state index in [2.05, 4.69) is 0 Å². The van der Waals surface area contributed by atoms with Gasteiger partial charge in [-0.25, -0.2) is 0 Å². The zero-order valence-electron chi connectivity index (χ0n) is 11.8. The first-order valence-electron chi connectivity index (χ1n) is 6.90. The number of ketones is 1. The van der Waals surface area contributed by atoms with Crippen LogP contribution in [0.1, 0.15) is 16.1 Å². The fourth-order valence-corrected chi connectivity index (χ4v) is 1.95. The van der Waals surface area contributed by atoms with Crippen molar-refractivity contribution < 1.29 is 13.9 Å². The smallest absolute Gasteiger partial charge is 0.185 e. The normalized spacial score (nSPS) is 10.7. The summed E-state index contributed by atoms with van der Waals surface area (Å²) < 4.78 is 10.8.